The highest BCUT2D eigenvalue weighted by Crippen LogP contribution is 2.28. The van der Waals surface area contributed by atoms with Crippen LogP contribution in [0.1, 0.15) is 18.4 Å². The molecule has 1 rings (SSSR count). The molecule has 0 saturated carbocycles. The molecular weight excluding hydrogens is 264 g/mol. The predicted octanol–water partition coefficient (Wildman–Crippen LogP) is 2.38. The molecule has 0 aliphatic rings. The highest BCUT2D eigenvalue weighted by Gasteiger charge is 2.15. The van der Waals surface area contributed by atoms with Crippen molar-refractivity contribution in [3.63, 3.8) is 0 Å². The maximum Gasteiger partial charge on any atom is 0.328 e. The van der Waals surface area contributed by atoms with Crippen LogP contribution in [0.4, 0.5) is 5.69 Å². The summed E-state index contributed by atoms with van der Waals surface area (Å²) >= 11 is 0. The third kappa shape index (κ3) is 4.78. The normalized spacial score (nSPS) is 10.2. The van der Waals surface area contributed by atoms with E-state index in [0.29, 0.717) is 18.4 Å². The van der Waals surface area contributed by atoms with E-state index in [0.717, 1.165) is 6.08 Å². The third-order valence-corrected chi connectivity index (χ3v) is 2.29. The van der Waals surface area contributed by atoms with Crippen molar-refractivity contribution in [3.8, 4) is 11.8 Å². The Labute approximate surface area is 114 Å². The Morgan fingerprint density at radius 3 is 2.90 bits per heavy atom. The molecule has 0 atom stereocenters. The zero-order valence-corrected chi connectivity index (χ0v) is 10.5. The number of carbonyl (C=O) groups is 1. The molecule has 0 radical (unpaired) electrons. The minimum Gasteiger partial charge on any atom is -0.487 e. The van der Waals surface area contributed by atoms with Crippen molar-refractivity contribution in [1.82, 2.24) is 0 Å². The SMILES string of the molecule is N#CCCCOc1cc(C=CC(=O)O)ccc1[N+](=O)[O-]. The lowest BCUT2D eigenvalue weighted by molar-refractivity contribution is -0.385. The first-order valence-corrected chi connectivity index (χ1v) is 5.74. The first kappa shape index (κ1) is 15.2. The molecule has 7 nitrogen and oxygen atoms in total. The monoisotopic (exact) mass is 276 g/mol. The summed E-state index contributed by atoms with van der Waals surface area (Å²) in [6.45, 7) is 0.181. The van der Waals surface area contributed by atoms with Gasteiger partial charge in [-0.1, -0.05) is 0 Å². The molecule has 0 aliphatic carbocycles. The lowest BCUT2D eigenvalue weighted by Gasteiger charge is -2.06. The van der Waals surface area contributed by atoms with Crippen LogP contribution in [0.25, 0.3) is 6.08 Å². The van der Waals surface area contributed by atoms with Crippen molar-refractivity contribution < 1.29 is 19.6 Å². The number of hydrogen-bond acceptors (Lipinski definition) is 5. The molecule has 0 aliphatic heterocycles. The molecule has 0 fully saturated rings. The number of ether oxygens (including phenoxy) is 1. The van der Waals surface area contributed by atoms with Gasteiger partial charge in [-0.15, -0.1) is 0 Å². The lowest BCUT2D eigenvalue weighted by Crippen LogP contribution is -2.00. The van der Waals surface area contributed by atoms with Gasteiger partial charge in [-0.05, 0) is 30.2 Å². The number of carboxylic acid groups (broad SMARTS) is 1. The number of carboxylic acids is 1. The number of nitrogens with zero attached hydrogens (tertiary/aromatic N) is 2. The van der Waals surface area contributed by atoms with Gasteiger partial charge in [0.2, 0.25) is 0 Å². The van der Waals surface area contributed by atoms with Crippen LogP contribution in [0.15, 0.2) is 24.3 Å². The molecule has 0 aromatic heterocycles. The number of rotatable bonds is 7. The van der Waals surface area contributed by atoms with Gasteiger partial charge < -0.3 is 9.84 Å². The third-order valence-electron chi connectivity index (χ3n) is 2.29. The number of nitro groups is 1. The van der Waals surface area contributed by atoms with Crippen molar-refractivity contribution in [2.24, 2.45) is 0 Å². The predicted molar refractivity (Wildman–Crippen MR) is 70.1 cm³/mol. The number of hydrogen-bond donors (Lipinski definition) is 1. The first-order valence-electron chi connectivity index (χ1n) is 5.74. The summed E-state index contributed by atoms with van der Waals surface area (Å²) < 4.78 is 5.27. The summed E-state index contributed by atoms with van der Waals surface area (Å²) in [7, 11) is 0. The number of nitro benzene ring substituents is 1. The van der Waals surface area contributed by atoms with Crippen LogP contribution in [0.2, 0.25) is 0 Å². The molecule has 1 aromatic rings. The second-order valence-electron chi connectivity index (χ2n) is 3.77. The fourth-order valence-corrected chi connectivity index (χ4v) is 1.40. The number of aliphatic carboxylic acids is 1. The van der Waals surface area contributed by atoms with E-state index >= 15 is 0 Å². The van der Waals surface area contributed by atoms with Gasteiger partial charge in [-0.2, -0.15) is 5.26 Å². The highest BCUT2D eigenvalue weighted by molar-refractivity contribution is 5.85. The summed E-state index contributed by atoms with van der Waals surface area (Å²) in [6, 6.07) is 6.02. The van der Waals surface area contributed by atoms with Gasteiger partial charge in [-0.25, -0.2) is 4.79 Å². The summed E-state index contributed by atoms with van der Waals surface area (Å²) in [5.41, 5.74) is 0.280. The molecule has 104 valence electrons. The van der Waals surface area contributed by atoms with Crippen molar-refractivity contribution in [3.05, 3.63) is 40.0 Å². The van der Waals surface area contributed by atoms with E-state index in [4.69, 9.17) is 15.1 Å². The van der Waals surface area contributed by atoms with Gasteiger partial charge in [-0.3, -0.25) is 10.1 Å². The minimum absolute atomic E-state index is 0.0560. The molecule has 0 amide bonds. The van der Waals surface area contributed by atoms with Crippen LogP contribution < -0.4 is 4.74 Å². The molecule has 1 aromatic carbocycles. The van der Waals surface area contributed by atoms with Crippen LogP contribution in [-0.4, -0.2) is 22.6 Å². The topological polar surface area (TPSA) is 113 Å². The fourth-order valence-electron chi connectivity index (χ4n) is 1.40. The summed E-state index contributed by atoms with van der Waals surface area (Å²) in [4.78, 5) is 20.7. The molecule has 0 bridgehead atoms. The van der Waals surface area contributed by atoms with E-state index in [1.54, 1.807) is 0 Å². The molecular formula is C13H12N2O5. The summed E-state index contributed by atoms with van der Waals surface area (Å²) in [6.07, 6.45) is 3.00. The number of unbranched alkanes of at least 4 members (excludes halogenated alkanes) is 1. The molecule has 1 N–H and O–H groups in total. The van der Waals surface area contributed by atoms with Crippen molar-refractivity contribution >= 4 is 17.7 Å². The maximum atomic E-state index is 10.8. The minimum atomic E-state index is -1.11. The maximum absolute atomic E-state index is 10.8. The molecule has 0 spiro atoms. The Bertz CT molecular complexity index is 575. The quantitative estimate of drug-likeness (QED) is 0.354. The average Bonchev–Trinajstić information content (AvgIpc) is 2.41. The second-order valence-corrected chi connectivity index (χ2v) is 3.77. The molecule has 0 heterocycles. The van der Waals surface area contributed by atoms with Crippen molar-refractivity contribution in [2.45, 2.75) is 12.8 Å². The van der Waals surface area contributed by atoms with Gasteiger partial charge in [0.05, 0.1) is 17.6 Å². The highest BCUT2D eigenvalue weighted by atomic mass is 16.6. The molecule has 7 heteroatoms. The largest absolute Gasteiger partial charge is 0.487 e. The van der Waals surface area contributed by atoms with Gasteiger partial charge in [0, 0.05) is 18.6 Å². The van der Waals surface area contributed by atoms with Crippen molar-refractivity contribution in [2.75, 3.05) is 6.61 Å². The molecule has 0 unspecified atom stereocenters. The molecule has 20 heavy (non-hydrogen) atoms. The zero-order chi connectivity index (χ0) is 15.0. The van der Waals surface area contributed by atoms with Crippen LogP contribution in [0.3, 0.4) is 0 Å². The number of nitriles is 1. The van der Waals surface area contributed by atoms with Gasteiger partial charge in [0.15, 0.2) is 5.75 Å². The van der Waals surface area contributed by atoms with E-state index in [1.807, 2.05) is 6.07 Å². The van der Waals surface area contributed by atoms with Gasteiger partial charge in [0.1, 0.15) is 0 Å². The molecule has 0 saturated heterocycles. The van der Waals surface area contributed by atoms with E-state index < -0.39 is 10.9 Å². The lowest BCUT2D eigenvalue weighted by atomic mass is 10.1. The standard InChI is InChI=1S/C13H12N2O5/c14-7-1-2-8-20-12-9-10(4-6-13(16)17)3-5-11(12)15(18)19/h3-6,9H,1-2,8H2,(H,16,17). The Kier molecular flexibility index (Phi) is 5.72. The van der Waals surface area contributed by atoms with Crippen LogP contribution in [0.5, 0.6) is 5.75 Å². The van der Waals surface area contributed by atoms with E-state index in [1.165, 1.54) is 24.3 Å². The Balaban J connectivity index is 2.91. The van der Waals surface area contributed by atoms with Crippen LogP contribution >= 0.6 is 0 Å². The zero-order valence-electron chi connectivity index (χ0n) is 10.5. The van der Waals surface area contributed by atoms with Crippen molar-refractivity contribution in [1.29, 1.82) is 5.26 Å². The van der Waals surface area contributed by atoms with E-state index in [9.17, 15) is 14.9 Å². The summed E-state index contributed by atoms with van der Waals surface area (Å²) in [5, 5.41) is 27.8. The Hall–Kier alpha value is -2.88. The van der Waals surface area contributed by atoms with Crippen LogP contribution in [0, 0.1) is 21.4 Å². The average molecular weight is 276 g/mol. The summed E-state index contributed by atoms with van der Waals surface area (Å²) in [5.74, 6) is -1.06. The second kappa shape index (κ2) is 7.53. The first-order chi connectivity index (χ1) is 9.54. The van der Waals surface area contributed by atoms with E-state index in [2.05, 4.69) is 0 Å². The number of benzene rings is 1. The smallest absolute Gasteiger partial charge is 0.328 e. The Morgan fingerprint density at radius 1 is 1.55 bits per heavy atom. The Morgan fingerprint density at radius 2 is 2.30 bits per heavy atom. The van der Waals surface area contributed by atoms with Gasteiger partial charge in [0.25, 0.3) is 0 Å². The van der Waals surface area contributed by atoms with E-state index in [-0.39, 0.29) is 18.0 Å². The fraction of sp³-hybridized carbons (Fsp3) is 0.231. The van der Waals surface area contributed by atoms with Gasteiger partial charge >= 0.3 is 11.7 Å². The van der Waals surface area contributed by atoms with Crippen LogP contribution in [-0.2, 0) is 4.79 Å².